The van der Waals surface area contributed by atoms with E-state index in [1.807, 2.05) is 18.2 Å². The summed E-state index contributed by atoms with van der Waals surface area (Å²) in [6.45, 7) is 9.03. The van der Waals surface area contributed by atoms with Gasteiger partial charge in [0, 0.05) is 39.8 Å². The third kappa shape index (κ3) is 6.92. The summed E-state index contributed by atoms with van der Waals surface area (Å²) in [5.41, 5.74) is 1.17. The van der Waals surface area contributed by atoms with Gasteiger partial charge < -0.3 is 20.1 Å². The number of morpholine rings is 1. The summed E-state index contributed by atoms with van der Waals surface area (Å²) in [5.74, 6) is 1.70. The average molecular weight is 348 g/mol. The Morgan fingerprint density at radius 3 is 2.72 bits per heavy atom. The summed E-state index contributed by atoms with van der Waals surface area (Å²) in [5, 5.41) is 6.72. The Bertz CT molecular complexity index is 540. The van der Waals surface area contributed by atoms with Crippen LogP contribution >= 0.6 is 0 Å². The van der Waals surface area contributed by atoms with Crippen molar-refractivity contribution in [3.05, 3.63) is 29.8 Å². The van der Waals surface area contributed by atoms with E-state index in [-0.39, 0.29) is 0 Å². The average Bonchev–Trinajstić information content (AvgIpc) is 2.60. The van der Waals surface area contributed by atoms with Crippen LogP contribution in [-0.4, -0.2) is 63.4 Å². The molecule has 6 nitrogen and oxygen atoms in total. The molecule has 6 heteroatoms. The number of ether oxygens (including phenoxy) is 2. The maximum atomic E-state index is 5.77. The lowest BCUT2D eigenvalue weighted by atomic mass is 10.2. The molecule has 0 saturated carbocycles. The van der Waals surface area contributed by atoms with Crippen LogP contribution in [0.3, 0.4) is 0 Å². The zero-order valence-corrected chi connectivity index (χ0v) is 15.9. The summed E-state index contributed by atoms with van der Waals surface area (Å²) < 4.78 is 11.0. The van der Waals surface area contributed by atoms with Crippen molar-refractivity contribution in [2.75, 3.05) is 40.3 Å². The first-order valence-electron chi connectivity index (χ1n) is 9.06. The molecule has 1 aliphatic heterocycles. The van der Waals surface area contributed by atoms with E-state index in [4.69, 9.17) is 9.47 Å². The van der Waals surface area contributed by atoms with Gasteiger partial charge in [0.1, 0.15) is 5.75 Å². The van der Waals surface area contributed by atoms with Crippen LogP contribution in [0.2, 0.25) is 0 Å². The zero-order chi connectivity index (χ0) is 18.1. The first-order chi connectivity index (χ1) is 12.1. The van der Waals surface area contributed by atoms with Crippen LogP contribution < -0.4 is 15.4 Å². The van der Waals surface area contributed by atoms with Gasteiger partial charge in [-0.3, -0.25) is 9.89 Å². The third-order valence-electron chi connectivity index (χ3n) is 4.26. The van der Waals surface area contributed by atoms with Gasteiger partial charge in [-0.1, -0.05) is 12.1 Å². The number of hydrogen-bond donors (Lipinski definition) is 2. The molecular formula is C19H32N4O2. The van der Waals surface area contributed by atoms with Crippen LogP contribution in [0.25, 0.3) is 0 Å². The molecule has 0 spiro atoms. The predicted molar refractivity (Wildman–Crippen MR) is 102 cm³/mol. The fraction of sp³-hybridized carbons (Fsp3) is 0.632. The highest BCUT2D eigenvalue weighted by Gasteiger charge is 2.21. The maximum absolute atomic E-state index is 5.77. The van der Waals surface area contributed by atoms with Gasteiger partial charge >= 0.3 is 0 Å². The quantitative estimate of drug-likeness (QED) is 0.447. The highest BCUT2D eigenvalue weighted by molar-refractivity contribution is 5.79. The minimum absolute atomic E-state index is 0.328. The van der Waals surface area contributed by atoms with Gasteiger partial charge in [-0.15, -0.1) is 0 Å². The van der Waals surface area contributed by atoms with Gasteiger partial charge in [-0.05, 0) is 38.0 Å². The van der Waals surface area contributed by atoms with Crippen molar-refractivity contribution in [1.82, 2.24) is 15.5 Å². The standard InChI is InChI=1S/C19H32N4O2/c1-15-13-23(14-16(2)25-15)10-6-9-21-19(20-3)22-12-17-7-5-8-18(11-17)24-4/h5,7-8,11,15-16H,6,9-10,12-14H2,1-4H3,(H2,20,21,22). The normalized spacial score (nSPS) is 21.8. The summed E-state index contributed by atoms with van der Waals surface area (Å²) in [6, 6.07) is 8.05. The summed E-state index contributed by atoms with van der Waals surface area (Å²) in [6.07, 6.45) is 1.74. The second kappa shape index (κ2) is 10.3. The van der Waals surface area contributed by atoms with Crippen molar-refractivity contribution in [3.8, 4) is 5.75 Å². The van der Waals surface area contributed by atoms with E-state index in [0.29, 0.717) is 12.2 Å². The van der Waals surface area contributed by atoms with Crippen LogP contribution in [0.4, 0.5) is 0 Å². The third-order valence-corrected chi connectivity index (χ3v) is 4.26. The molecule has 0 radical (unpaired) electrons. The maximum Gasteiger partial charge on any atom is 0.191 e. The predicted octanol–water partition coefficient (Wildman–Crippen LogP) is 1.86. The molecule has 1 aromatic carbocycles. The largest absolute Gasteiger partial charge is 0.497 e. The molecule has 1 saturated heterocycles. The molecule has 25 heavy (non-hydrogen) atoms. The molecule has 2 unspecified atom stereocenters. The Morgan fingerprint density at radius 2 is 2.04 bits per heavy atom. The highest BCUT2D eigenvalue weighted by atomic mass is 16.5. The minimum Gasteiger partial charge on any atom is -0.497 e. The minimum atomic E-state index is 0.328. The summed E-state index contributed by atoms with van der Waals surface area (Å²) >= 11 is 0. The molecule has 2 N–H and O–H groups in total. The Kier molecular flexibility index (Phi) is 8.01. The molecule has 0 aliphatic carbocycles. The van der Waals surface area contributed by atoms with Crippen molar-refractivity contribution < 1.29 is 9.47 Å². The van der Waals surface area contributed by atoms with E-state index in [0.717, 1.165) is 50.9 Å². The van der Waals surface area contributed by atoms with Gasteiger partial charge in [0.2, 0.25) is 0 Å². The van der Waals surface area contributed by atoms with E-state index < -0.39 is 0 Å². The molecule has 1 aromatic rings. The van der Waals surface area contributed by atoms with E-state index in [2.05, 4.69) is 40.4 Å². The van der Waals surface area contributed by atoms with Crippen molar-refractivity contribution in [3.63, 3.8) is 0 Å². The molecule has 0 aromatic heterocycles. The van der Waals surface area contributed by atoms with Gasteiger partial charge in [0.25, 0.3) is 0 Å². The molecule has 1 heterocycles. The SMILES string of the molecule is CN=C(NCCCN1CC(C)OC(C)C1)NCc1cccc(OC)c1. The Morgan fingerprint density at radius 1 is 1.28 bits per heavy atom. The van der Waals surface area contributed by atoms with E-state index in [9.17, 15) is 0 Å². The fourth-order valence-electron chi connectivity index (χ4n) is 3.17. The van der Waals surface area contributed by atoms with Crippen LogP contribution in [0.1, 0.15) is 25.8 Å². The van der Waals surface area contributed by atoms with Crippen LogP contribution in [0, 0.1) is 0 Å². The molecule has 2 rings (SSSR count). The first kappa shape index (κ1) is 19.5. The molecule has 0 amide bonds. The number of nitrogens with one attached hydrogen (secondary N) is 2. The summed E-state index contributed by atoms with van der Waals surface area (Å²) in [7, 11) is 3.48. The number of rotatable bonds is 7. The monoisotopic (exact) mass is 348 g/mol. The molecule has 1 fully saturated rings. The van der Waals surface area contributed by atoms with Crippen molar-refractivity contribution in [1.29, 1.82) is 0 Å². The number of methoxy groups -OCH3 is 1. The molecule has 2 atom stereocenters. The lowest BCUT2D eigenvalue weighted by Crippen LogP contribution is -2.46. The lowest BCUT2D eigenvalue weighted by Gasteiger charge is -2.35. The van der Waals surface area contributed by atoms with E-state index in [1.54, 1.807) is 14.2 Å². The van der Waals surface area contributed by atoms with Gasteiger partial charge in [0.15, 0.2) is 5.96 Å². The second-order valence-electron chi connectivity index (χ2n) is 6.57. The number of nitrogens with zero attached hydrogens (tertiary/aromatic N) is 2. The van der Waals surface area contributed by atoms with Crippen LogP contribution in [0.15, 0.2) is 29.3 Å². The van der Waals surface area contributed by atoms with Gasteiger partial charge in [-0.2, -0.15) is 0 Å². The lowest BCUT2D eigenvalue weighted by molar-refractivity contribution is -0.0679. The smallest absolute Gasteiger partial charge is 0.191 e. The molecule has 140 valence electrons. The fourth-order valence-corrected chi connectivity index (χ4v) is 3.17. The van der Waals surface area contributed by atoms with Crippen LogP contribution in [-0.2, 0) is 11.3 Å². The Labute approximate surface area is 151 Å². The second-order valence-corrected chi connectivity index (χ2v) is 6.57. The number of guanidine groups is 1. The van der Waals surface area contributed by atoms with Crippen molar-refractivity contribution in [2.45, 2.75) is 39.0 Å². The number of aliphatic imine (C=N–C) groups is 1. The van der Waals surface area contributed by atoms with Gasteiger partial charge in [-0.25, -0.2) is 0 Å². The molecule has 0 bridgehead atoms. The Balaban J connectivity index is 1.66. The Hall–Kier alpha value is -1.79. The zero-order valence-electron chi connectivity index (χ0n) is 15.9. The van der Waals surface area contributed by atoms with E-state index in [1.165, 1.54) is 5.56 Å². The first-order valence-corrected chi connectivity index (χ1v) is 9.06. The van der Waals surface area contributed by atoms with Crippen LogP contribution in [0.5, 0.6) is 5.75 Å². The van der Waals surface area contributed by atoms with Crippen molar-refractivity contribution >= 4 is 5.96 Å². The molecular weight excluding hydrogens is 316 g/mol. The molecule has 1 aliphatic rings. The topological polar surface area (TPSA) is 58.1 Å². The number of benzene rings is 1. The number of hydrogen-bond acceptors (Lipinski definition) is 4. The summed E-state index contributed by atoms with van der Waals surface area (Å²) in [4.78, 5) is 6.76. The van der Waals surface area contributed by atoms with Crippen molar-refractivity contribution in [2.24, 2.45) is 4.99 Å². The highest BCUT2D eigenvalue weighted by Crippen LogP contribution is 2.12. The van der Waals surface area contributed by atoms with Gasteiger partial charge in [0.05, 0.1) is 19.3 Å². The van der Waals surface area contributed by atoms with E-state index >= 15 is 0 Å².